The minimum absolute atomic E-state index is 0.162. The Bertz CT molecular complexity index is 831. The minimum Gasteiger partial charge on any atom is -0.298 e. The Kier molecular flexibility index (Phi) is 4.02. The number of hydrogen-bond acceptors (Lipinski definition) is 2. The molecule has 3 rings (SSSR count). The summed E-state index contributed by atoms with van der Waals surface area (Å²) < 4.78 is 39.9. The van der Waals surface area contributed by atoms with Crippen molar-refractivity contribution < 1.29 is 13.2 Å². The van der Waals surface area contributed by atoms with Crippen molar-refractivity contribution in [3.63, 3.8) is 0 Å². The van der Waals surface area contributed by atoms with Crippen LogP contribution in [-0.4, -0.2) is 15.1 Å². The van der Waals surface area contributed by atoms with Gasteiger partial charge in [-0.05, 0) is 30.5 Å². The lowest BCUT2D eigenvalue weighted by atomic mass is 10.0. The fourth-order valence-electron chi connectivity index (χ4n) is 2.31. The van der Waals surface area contributed by atoms with Crippen molar-refractivity contribution in [2.24, 2.45) is 10.9 Å². The Morgan fingerprint density at radius 2 is 2.13 bits per heavy atom. The summed E-state index contributed by atoms with van der Waals surface area (Å²) in [4.78, 5) is 8.38. The molecule has 120 valence electrons. The third kappa shape index (κ3) is 3.17. The molecule has 0 bridgehead atoms. The lowest BCUT2D eigenvalue weighted by Crippen LogP contribution is -2.08. The van der Waals surface area contributed by atoms with Crippen LogP contribution in [0.5, 0.6) is 0 Å². The summed E-state index contributed by atoms with van der Waals surface area (Å²) in [7, 11) is 0. The predicted octanol–water partition coefficient (Wildman–Crippen LogP) is 4.82. The summed E-state index contributed by atoms with van der Waals surface area (Å²) in [6, 6.07) is 2.03. The van der Waals surface area contributed by atoms with E-state index in [1.54, 1.807) is 16.7 Å². The zero-order valence-electron chi connectivity index (χ0n) is 12.2. The van der Waals surface area contributed by atoms with Crippen LogP contribution in [0.1, 0.15) is 24.6 Å². The van der Waals surface area contributed by atoms with Gasteiger partial charge in [-0.1, -0.05) is 24.6 Å². The van der Waals surface area contributed by atoms with Crippen LogP contribution < -0.4 is 0 Å². The van der Waals surface area contributed by atoms with E-state index in [9.17, 15) is 13.2 Å². The summed E-state index contributed by atoms with van der Waals surface area (Å²) in [6.07, 6.45) is 4.55. The van der Waals surface area contributed by atoms with Crippen LogP contribution in [0.2, 0.25) is 0 Å². The second kappa shape index (κ2) is 5.85. The molecule has 1 aliphatic heterocycles. The van der Waals surface area contributed by atoms with E-state index in [2.05, 4.69) is 9.98 Å². The largest absolute Gasteiger partial charge is 0.416 e. The molecule has 2 aromatic rings. The van der Waals surface area contributed by atoms with Gasteiger partial charge in [-0.2, -0.15) is 13.2 Å². The van der Waals surface area contributed by atoms with Gasteiger partial charge in [-0.25, -0.2) is 4.98 Å². The average molecular weight is 340 g/mol. The highest BCUT2D eigenvalue weighted by Gasteiger charge is 2.31. The van der Waals surface area contributed by atoms with E-state index in [-0.39, 0.29) is 11.6 Å². The first kappa shape index (κ1) is 15.8. The molecule has 0 radical (unpaired) electrons. The van der Waals surface area contributed by atoms with Crippen LogP contribution in [-0.2, 0) is 6.18 Å². The van der Waals surface area contributed by atoms with Gasteiger partial charge in [0.1, 0.15) is 5.65 Å². The average Bonchev–Trinajstić information content (AvgIpc) is 2.90. The van der Waals surface area contributed by atoms with Crippen molar-refractivity contribution >= 4 is 23.0 Å². The fraction of sp³-hybridized carbons (Fsp3) is 0.250. The smallest absolute Gasteiger partial charge is 0.298 e. The third-order valence-electron chi connectivity index (χ3n) is 3.66. The standard InChI is InChI=1S/C16H13ClF3N3/c1-10-3-2-5-21-13(8-12(10)17)14-9-22-15-7-11(16(18,19)20)4-6-23(14)15/h2,4-10H,3H2,1H3/b5-2+,12-8?,21-13?. The molecule has 0 spiro atoms. The second-order valence-corrected chi connectivity index (χ2v) is 5.79. The maximum Gasteiger partial charge on any atom is 0.416 e. The Labute approximate surface area is 135 Å². The van der Waals surface area contributed by atoms with Gasteiger partial charge in [0.25, 0.3) is 0 Å². The van der Waals surface area contributed by atoms with Gasteiger partial charge in [-0.3, -0.25) is 9.39 Å². The second-order valence-electron chi connectivity index (χ2n) is 5.35. The molecular formula is C16H13ClF3N3. The topological polar surface area (TPSA) is 29.7 Å². The summed E-state index contributed by atoms with van der Waals surface area (Å²) in [5.74, 6) is 0.162. The first-order chi connectivity index (χ1) is 10.9. The number of pyridine rings is 1. The van der Waals surface area contributed by atoms with Crippen LogP contribution in [0.4, 0.5) is 13.2 Å². The van der Waals surface area contributed by atoms with E-state index in [1.807, 2.05) is 13.0 Å². The number of aromatic nitrogens is 2. The highest BCUT2D eigenvalue weighted by atomic mass is 35.5. The van der Waals surface area contributed by atoms with Gasteiger partial charge in [0, 0.05) is 17.4 Å². The highest BCUT2D eigenvalue weighted by molar-refractivity contribution is 6.32. The van der Waals surface area contributed by atoms with Crippen LogP contribution in [0.25, 0.3) is 5.65 Å². The Morgan fingerprint density at radius 3 is 2.87 bits per heavy atom. The van der Waals surface area contributed by atoms with Crippen LogP contribution >= 0.6 is 11.6 Å². The van der Waals surface area contributed by atoms with Gasteiger partial charge < -0.3 is 0 Å². The molecule has 1 aliphatic rings. The van der Waals surface area contributed by atoms with Crippen molar-refractivity contribution in [2.75, 3.05) is 0 Å². The normalized spacial score (nSPS) is 20.7. The van der Waals surface area contributed by atoms with Crippen molar-refractivity contribution in [2.45, 2.75) is 19.5 Å². The number of imidazole rings is 1. The van der Waals surface area contributed by atoms with Crippen LogP contribution in [0.15, 0.2) is 52.9 Å². The summed E-state index contributed by atoms with van der Waals surface area (Å²) >= 11 is 6.26. The molecule has 0 fully saturated rings. The Morgan fingerprint density at radius 1 is 1.35 bits per heavy atom. The number of allylic oxidation sites excluding steroid dienone is 3. The number of halogens is 4. The highest BCUT2D eigenvalue weighted by Crippen LogP contribution is 2.30. The molecule has 0 aliphatic carbocycles. The lowest BCUT2D eigenvalue weighted by Gasteiger charge is -2.11. The van der Waals surface area contributed by atoms with Crippen LogP contribution in [0.3, 0.4) is 0 Å². The first-order valence-corrected chi connectivity index (χ1v) is 7.38. The van der Waals surface area contributed by atoms with Gasteiger partial charge >= 0.3 is 6.18 Å². The number of fused-ring (bicyclic) bond motifs is 1. The van der Waals surface area contributed by atoms with Gasteiger partial charge in [0.15, 0.2) is 0 Å². The molecule has 23 heavy (non-hydrogen) atoms. The van der Waals surface area contributed by atoms with Crippen molar-refractivity contribution in [1.82, 2.24) is 9.38 Å². The number of nitrogens with zero attached hydrogens (tertiary/aromatic N) is 3. The van der Waals surface area contributed by atoms with E-state index < -0.39 is 11.7 Å². The Hall–Kier alpha value is -2.08. The van der Waals surface area contributed by atoms with Crippen molar-refractivity contribution in [1.29, 1.82) is 0 Å². The van der Waals surface area contributed by atoms with Crippen molar-refractivity contribution in [3.8, 4) is 0 Å². The first-order valence-electron chi connectivity index (χ1n) is 7.01. The number of aliphatic imine (C=N–C) groups is 1. The number of alkyl halides is 3. The summed E-state index contributed by atoms with van der Waals surface area (Å²) in [6.45, 7) is 2.00. The van der Waals surface area contributed by atoms with E-state index in [0.29, 0.717) is 16.4 Å². The zero-order chi connectivity index (χ0) is 16.6. The van der Waals surface area contributed by atoms with Crippen LogP contribution in [0, 0.1) is 5.92 Å². The molecule has 1 atom stereocenters. The van der Waals surface area contributed by atoms with Gasteiger partial charge in [-0.15, -0.1) is 0 Å². The van der Waals surface area contributed by atoms with E-state index >= 15 is 0 Å². The molecule has 1 unspecified atom stereocenters. The number of rotatable bonds is 1. The molecule has 2 aromatic heterocycles. The van der Waals surface area contributed by atoms with Gasteiger partial charge in [0.2, 0.25) is 0 Å². The predicted molar refractivity (Wildman–Crippen MR) is 83.6 cm³/mol. The van der Waals surface area contributed by atoms with E-state index in [4.69, 9.17) is 11.6 Å². The maximum absolute atomic E-state index is 12.8. The summed E-state index contributed by atoms with van der Waals surface area (Å²) in [5.41, 5.74) is 0.626. The summed E-state index contributed by atoms with van der Waals surface area (Å²) in [5, 5.41) is 0.648. The van der Waals surface area contributed by atoms with E-state index in [0.717, 1.165) is 18.6 Å². The van der Waals surface area contributed by atoms with Gasteiger partial charge in [0.05, 0.1) is 23.2 Å². The molecule has 7 heteroatoms. The Balaban J connectivity index is 2.10. The lowest BCUT2D eigenvalue weighted by molar-refractivity contribution is -0.137. The molecule has 0 aromatic carbocycles. The third-order valence-corrected chi connectivity index (χ3v) is 4.14. The molecule has 3 heterocycles. The van der Waals surface area contributed by atoms with E-state index in [1.165, 1.54) is 12.4 Å². The molecule has 3 nitrogen and oxygen atoms in total. The molecule has 0 N–H and O–H groups in total. The molecule has 0 saturated heterocycles. The quantitative estimate of drug-likeness (QED) is 0.732. The maximum atomic E-state index is 12.8. The molecular weight excluding hydrogens is 327 g/mol. The zero-order valence-corrected chi connectivity index (χ0v) is 12.9. The SMILES string of the molecule is CC1C/C=C/N=C(c2cnc3cc(C(F)(F)F)ccn23)C=C1Cl. The fourth-order valence-corrected chi connectivity index (χ4v) is 2.50. The molecule has 0 saturated carbocycles. The number of hydrogen-bond donors (Lipinski definition) is 0. The minimum atomic E-state index is -4.40. The monoisotopic (exact) mass is 339 g/mol. The van der Waals surface area contributed by atoms with Crippen molar-refractivity contribution in [3.05, 3.63) is 59.2 Å². The molecule has 0 amide bonds.